The van der Waals surface area contributed by atoms with E-state index in [1.165, 1.54) is 11.1 Å². The molecule has 0 N–H and O–H groups in total. The fraction of sp³-hybridized carbons (Fsp3) is 0.462. The molecule has 1 aromatic rings. The number of hydrogen-bond donors (Lipinski definition) is 0. The molecule has 0 aliphatic heterocycles. The van der Waals surface area contributed by atoms with Crippen molar-refractivity contribution in [2.45, 2.75) is 33.1 Å². The van der Waals surface area contributed by atoms with Crippen LogP contribution in [0, 0.1) is 12.3 Å². The first-order valence-corrected chi connectivity index (χ1v) is 5.19. The molecule has 1 nitrogen and oxygen atoms in total. The zero-order valence-electron chi connectivity index (χ0n) is 8.84. The van der Waals surface area contributed by atoms with Crippen LogP contribution in [0.1, 0.15) is 30.9 Å². The highest BCUT2D eigenvalue weighted by Gasteiger charge is 2.46. The Kier molecular flexibility index (Phi) is 2.18. The highest BCUT2D eigenvalue weighted by Crippen LogP contribution is 2.49. The third kappa shape index (κ3) is 1.72. The number of carbonyl (C=O) groups is 1. The Morgan fingerprint density at radius 2 is 1.86 bits per heavy atom. The molecule has 1 aliphatic carbocycles. The summed E-state index contributed by atoms with van der Waals surface area (Å²) < 4.78 is 0. The van der Waals surface area contributed by atoms with E-state index in [0.29, 0.717) is 5.78 Å². The molecule has 2 rings (SSSR count). The van der Waals surface area contributed by atoms with Gasteiger partial charge in [-0.25, -0.2) is 0 Å². The minimum Gasteiger partial charge on any atom is -0.299 e. The van der Waals surface area contributed by atoms with Crippen LogP contribution in [0.3, 0.4) is 0 Å². The lowest BCUT2D eigenvalue weighted by Gasteiger charge is -2.10. The van der Waals surface area contributed by atoms with Crippen molar-refractivity contribution in [1.82, 2.24) is 0 Å². The first-order valence-electron chi connectivity index (χ1n) is 5.19. The van der Waals surface area contributed by atoms with Gasteiger partial charge in [-0.15, -0.1) is 0 Å². The fourth-order valence-electron chi connectivity index (χ4n) is 1.90. The minimum atomic E-state index is 0.00918. The molecule has 1 aromatic carbocycles. The van der Waals surface area contributed by atoms with Crippen LogP contribution in [0.5, 0.6) is 0 Å². The molecule has 0 amide bonds. The third-order valence-electron chi connectivity index (χ3n) is 3.26. The molecule has 74 valence electrons. The zero-order chi connectivity index (χ0) is 10.2. The number of benzene rings is 1. The lowest BCUT2D eigenvalue weighted by Crippen LogP contribution is -2.14. The summed E-state index contributed by atoms with van der Waals surface area (Å²) in [5.74, 6) is 0.359. The topological polar surface area (TPSA) is 17.1 Å². The first-order chi connectivity index (χ1) is 6.62. The third-order valence-corrected chi connectivity index (χ3v) is 3.26. The quantitative estimate of drug-likeness (QED) is 0.712. The van der Waals surface area contributed by atoms with E-state index in [2.05, 4.69) is 31.2 Å². The number of Topliss-reactive ketones (excluding diaryl/α,β-unsaturated/α-hetero) is 1. The Morgan fingerprint density at radius 1 is 1.29 bits per heavy atom. The van der Waals surface area contributed by atoms with E-state index < -0.39 is 0 Å². The van der Waals surface area contributed by atoms with Crippen molar-refractivity contribution < 1.29 is 4.79 Å². The van der Waals surface area contributed by atoms with Crippen molar-refractivity contribution in [2.24, 2.45) is 5.41 Å². The van der Waals surface area contributed by atoms with Gasteiger partial charge in [0.15, 0.2) is 0 Å². The van der Waals surface area contributed by atoms with Gasteiger partial charge in [0.1, 0.15) is 5.78 Å². The van der Waals surface area contributed by atoms with E-state index in [-0.39, 0.29) is 5.41 Å². The maximum Gasteiger partial charge on any atom is 0.136 e. The second-order valence-electron chi connectivity index (χ2n) is 4.50. The summed E-state index contributed by atoms with van der Waals surface area (Å²) in [7, 11) is 0. The summed E-state index contributed by atoms with van der Waals surface area (Å²) >= 11 is 0. The lowest BCUT2D eigenvalue weighted by atomic mass is 9.92. The van der Waals surface area contributed by atoms with E-state index in [4.69, 9.17) is 0 Å². The van der Waals surface area contributed by atoms with Gasteiger partial charge in [0.2, 0.25) is 0 Å². The molecule has 0 bridgehead atoms. The Morgan fingerprint density at radius 3 is 2.29 bits per heavy atom. The summed E-state index contributed by atoms with van der Waals surface area (Å²) in [5, 5.41) is 0. The van der Waals surface area contributed by atoms with Gasteiger partial charge >= 0.3 is 0 Å². The van der Waals surface area contributed by atoms with Crippen LogP contribution in [0.25, 0.3) is 0 Å². The second-order valence-corrected chi connectivity index (χ2v) is 4.50. The molecular formula is C13H16O. The standard InChI is InChI=1S/C13H16O/c1-10-3-5-12(6-4-10)9-13(7-8-13)11(2)14/h3-6H,7-9H2,1-2H3. The molecule has 0 saturated heterocycles. The average molecular weight is 188 g/mol. The largest absolute Gasteiger partial charge is 0.299 e. The van der Waals surface area contributed by atoms with Crippen molar-refractivity contribution >= 4 is 5.78 Å². The molecule has 1 heteroatoms. The summed E-state index contributed by atoms with van der Waals surface area (Å²) in [6, 6.07) is 8.51. The molecule has 0 radical (unpaired) electrons. The summed E-state index contributed by atoms with van der Waals surface area (Å²) in [4.78, 5) is 11.4. The Balaban J connectivity index is 2.11. The van der Waals surface area contributed by atoms with Gasteiger partial charge in [0.25, 0.3) is 0 Å². The monoisotopic (exact) mass is 188 g/mol. The number of rotatable bonds is 3. The Labute approximate surface area is 85.1 Å². The van der Waals surface area contributed by atoms with E-state index in [9.17, 15) is 4.79 Å². The van der Waals surface area contributed by atoms with E-state index in [0.717, 1.165) is 19.3 Å². The van der Waals surface area contributed by atoms with Crippen LogP contribution in [-0.2, 0) is 11.2 Å². The maximum absolute atomic E-state index is 11.4. The molecule has 1 aliphatic rings. The van der Waals surface area contributed by atoms with Crippen LogP contribution >= 0.6 is 0 Å². The normalized spacial score (nSPS) is 17.9. The lowest BCUT2D eigenvalue weighted by molar-refractivity contribution is -0.121. The highest BCUT2D eigenvalue weighted by atomic mass is 16.1. The van der Waals surface area contributed by atoms with Gasteiger partial charge in [0, 0.05) is 5.41 Å². The number of carbonyl (C=O) groups excluding carboxylic acids is 1. The van der Waals surface area contributed by atoms with Gasteiger partial charge in [-0.1, -0.05) is 29.8 Å². The molecule has 14 heavy (non-hydrogen) atoms. The molecule has 1 fully saturated rings. The van der Waals surface area contributed by atoms with E-state index in [1.54, 1.807) is 6.92 Å². The zero-order valence-corrected chi connectivity index (χ0v) is 8.84. The second kappa shape index (κ2) is 3.23. The summed E-state index contributed by atoms with van der Waals surface area (Å²) in [6.45, 7) is 3.81. The van der Waals surface area contributed by atoms with Gasteiger partial charge in [-0.3, -0.25) is 4.79 Å². The molecule has 1 saturated carbocycles. The van der Waals surface area contributed by atoms with Crippen molar-refractivity contribution in [3.05, 3.63) is 35.4 Å². The molecular weight excluding hydrogens is 172 g/mol. The minimum absolute atomic E-state index is 0.00918. The van der Waals surface area contributed by atoms with Crippen molar-refractivity contribution in [1.29, 1.82) is 0 Å². The summed E-state index contributed by atoms with van der Waals surface area (Å²) in [6.07, 6.45) is 3.09. The Hall–Kier alpha value is -1.11. The average Bonchev–Trinajstić information content (AvgIpc) is 2.90. The Bertz CT molecular complexity index is 344. The van der Waals surface area contributed by atoms with Gasteiger partial charge in [-0.2, -0.15) is 0 Å². The van der Waals surface area contributed by atoms with Crippen LogP contribution in [0.4, 0.5) is 0 Å². The van der Waals surface area contributed by atoms with Crippen LogP contribution < -0.4 is 0 Å². The van der Waals surface area contributed by atoms with Gasteiger partial charge in [0.05, 0.1) is 0 Å². The van der Waals surface area contributed by atoms with E-state index >= 15 is 0 Å². The molecule has 0 unspecified atom stereocenters. The predicted octanol–water partition coefficient (Wildman–Crippen LogP) is 2.91. The molecule has 0 aromatic heterocycles. The van der Waals surface area contributed by atoms with Gasteiger partial charge in [-0.05, 0) is 38.7 Å². The van der Waals surface area contributed by atoms with Crippen LogP contribution in [-0.4, -0.2) is 5.78 Å². The fourth-order valence-corrected chi connectivity index (χ4v) is 1.90. The maximum atomic E-state index is 11.4. The smallest absolute Gasteiger partial charge is 0.136 e. The van der Waals surface area contributed by atoms with E-state index in [1.807, 2.05) is 0 Å². The SMILES string of the molecule is CC(=O)C1(Cc2ccc(C)cc2)CC1. The highest BCUT2D eigenvalue weighted by molar-refractivity contribution is 5.85. The van der Waals surface area contributed by atoms with Gasteiger partial charge < -0.3 is 0 Å². The summed E-state index contributed by atoms with van der Waals surface area (Å²) in [5.41, 5.74) is 2.58. The first kappa shape index (κ1) is 9.45. The van der Waals surface area contributed by atoms with Crippen molar-refractivity contribution in [3.63, 3.8) is 0 Å². The molecule has 0 atom stereocenters. The number of ketones is 1. The number of hydrogen-bond acceptors (Lipinski definition) is 1. The van der Waals surface area contributed by atoms with Crippen LogP contribution in [0.15, 0.2) is 24.3 Å². The number of aryl methyl sites for hydroxylation is 1. The van der Waals surface area contributed by atoms with Crippen molar-refractivity contribution in [2.75, 3.05) is 0 Å². The predicted molar refractivity (Wildman–Crippen MR) is 57.2 cm³/mol. The molecule has 0 heterocycles. The molecule has 0 spiro atoms. The van der Waals surface area contributed by atoms with Crippen LogP contribution in [0.2, 0.25) is 0 Å². The van der Waals surface area contributed by atoms with Crippen molar-refractivity contribution in [3.8, 4) is 0 Å².